The minimum absolute atomic E-state index is 0.602. The third-order valence-corrected chi connectivity index (χ3v) is 3.95. The van der Waals surface area contributed by atoms with Crippen LogP contribution in [0.25, 0.3) is 0 Å². The molecule has 1 unspecified atom stereocenters. The average Bonchev–Trinajstić information content (AvgIpc) is 2.41. The fourth-order valence-corrected chi connectivity index (χ4v) is 2.73. The number of hydrogen-bond donors (Lipinski definition) is 1. The largest absolute Gasteiger partial charge is 0.330 e. The van der Waals surface area contributed by atoms with Crippen LogP contribution in [0.3, 0.4) is 0 Å². The first-order chi connectivity index (χ1) is 9.26. The quantitative estimate of drug-likeness (QED) is 0.586. The summed E-state index contributed by atoms with van der Waals surface area (Å²) >= 11 is 6.02. The fraction of sp³-hybridized carbons (Fsp3) is 0.647. The van der Waals surface area contributed by atoms with Crippen LogP contribution < -0.4 is 5.73 Å². The van der Waals surface area contributed by atoms with Gasteiger partial charge in [-0.1, -0.05) is 69.2 Å². The molecule has 0 aromatic heterocycles. The van der Waals surface area contributed by atoms with Crippen molar-refractivity contribution in [3.63, 3.8) is 0 Å². The van der Waals surface area contributed by atoms with Gasteiger partial charge >= 0.3 is 0 Å². The summed E-state index contributed by atoms with van der Waals surface area (Å²) in [6, 6.07) is 8.16. The van der Waals surface area contributed by atoms with Gasteiger partial charge in [-0.25, -0.2) is 0 Å². The van der Waals surface area contributed by atoms with E-state index in [2.05, 4.69) is 19.1 Å². The molecule has 0 heterocycles. The Morgan fingerprint density at radius 3 is 2.53 bits per heavy atom. The number of unbranched alkanes of at least 4 members (excludes halogenated alkanes) is 5. The molecule has 0 aliphatic carbocycles. The second-order valence-electron chi connectivity index (χ2n) is 5.49. The lowest BCUT2D eigenvalue weighted by Gasteiger charge is -2.14. The van der Waals surface area contributed by atoms with Gasteiger partial charge < -0.3 is 5.73 Å². The van der Waals surface area contributed by atoms with Gasteiger partial charge in [0.15, 0.2) is 0 Å². The van der Waals surface area contributed by atoms with Gasteiger partial charge in [0.1, 0.15) is 0 Å². The number of rotatable bonds is 10. The summed E-state index contributed by atoms with van der Waals surface area (Å²) < 4.78 is 0. The third kappa shape index (κ3) is 7.59. The molecule has 0 amide bonds. The lowest BCUT2D eigenvalue weighted by molar-refractivity contribution is 0.456. The molecule has 0 spiro atoms. The Labute approximate surface area is 123 Å². The fourth-order valence-electron chi connectivity index (χ4n) is 2.51. The molecule has 2 N–H and O–H groups in total. The number of halogens is 1. The highest BCUT2D eigenvalue weighted by molar-refractivity contribution is 6.30. The van der Waals surface area contributed by atoms with Crippen LogP contribution in [0.1, 0.15) is 57.4 Å². The summed E-state index contributed by atoms with van der Waals surface area (Å²) in [5, 5.41) is 0.827. The molecule has 0 saturated heterocycles. The van der Waals surface area contributed by atoms with Crippen LogP contribution in [0.2, 0.25) is 5.02 Å². The summed E-state index contributed by atoms with van der Waals surface area (Å²) in [5.41, 5.74) is 7.20. The first kappa shape index (κ1) is 16.5. The molecule has 0 bridgehead atoms. The van der Waals surface area contributed by atoms with E-state index < -0.39 is 0 Å². The van der Waals surface area contributed by atoms with Crippen LogP contribution in [0.4, 0.5) is 0 Å². The van der Waals surface area contributed by atoms with Gasteiger partial charge in [-0.2, -0.15) is 0 Å². The van der Waals surface area contributed by atoms with Crippen LogP contribution >= 0.6 is 11.6 Å². The van der Waals surface area contributed by atoms with Crippen molar-refractivity contribution >= 4 is 11.6 Å². The smallest absolute Gasteiger partial charge is 0.0408 e. The molecule has 1 aromatic rings. The Kier molecular flexibility index (Phi) is 8.94. The normalized spacial score (nSPS) is 12.6. The van der Waals surface area contributed by atoms with Gasteiger partial charge in [0.05, 0.1) is 0 Å². The minimum atomic E-state index is 0.602. The second kappa shape index (κ2) is 10.3. The van der Waals surface area contributed by atoms with E-state index in [4.69, 9.17) is 17.3 Å². The SMILES string of the molecule is CCCCCCCCC(CN)Cc1cccc(Cl)c1. The lowest BCUT2D eigenvalue weighted by Crippen LogP contribution is -2.16. The molecule has 0 aliphatic rings. The molecule has 0 radical (unpaired) electrons. The minimum Gasteiger partial charge on any atom is -0.330 e. The van der Waals surface area contributed by atoms with Gasteiger partial charge in [-0.3, -0.25) is 0 Å². The molecule has 1 nitrogen and oxygen atoms in total. The maximum absolute atomic E-state index is 6.02. The molecule has 108 valence electrons. The molecule has 2 heteroatoms. The Morgan fingerprint density at radius 1 is 1.11 bits per heavy atom. The highest BCUT2D eigenvalue weighted by Crippen LogP contribution is 2.18. The van der Waals surface area contributed by atoms with Gasteiger partial charge in [0.25, 0.3) is 0 Å². The second-order valence-corrected chi connectivity index (χ2v) is 5.93. The van der Waals surface area contributed by atoms with Crippen molar-refractivity contribution in [1.82, 2.24) is 0 Å². The highest BCUT2D eigenvalue weighted by Gasteiger charge is 2.08. The molecule has 1 atom stereocenters. The Balaban J connectivity index is 2.22. The summed E-state index contributed by atoms with van der Waals surface area (Å²) in [6.07, 6.45) is 10.4. The van der Waals surface area contributed by atoms with Crippen molar-refractivity contribution < 1.29 is 0 Å². The van der Waals surface area contributed by atoms with E-state index in [1.54, 1.807) is 0 Å². The van der Waals surface area contributed by atoms with Crippen LogP contribution in [0.5, 0.6) is 0 Å². The predicted molar refractivity (Wildman–Crippen MR) is 85.7 cm³/mol. The molecule has 1 rings (SSSR count). The van der Waals surface area contributed by atoms with E-state index in [0.717, 1.165) is 18.0 Å². The highest BCUT2D eigenvalue weighted by atomic mass is 35.5. The van der Waals surface area contributed by atoms with Crippen LogP contribution in [-0.2, 0) is 6.42 Å². The van der Waals surface area contributed by atoms with Crippen molar-refractivity contribution in [3.8, 4) is 0 Å². The molecular formula is C17H28ClN. The van der Waals surface area contributed by atoms with E-state index in [1.807, 2.05) is 12.1 Å². The Morgan fingerprint density at radius 2 is 1.84 bits per heavy atom. The summed E-state index contributed by atoms with van der Waals surface area (Å²) in [4.78, 5) is 0. The van der Waals surface area contributed by atoms with E-state index in [0.29, 0.717) is 5.92 Å². The first-order valence-corrected chi connectivity index (χ1v) is 8.08. The van der Waals surface area contributed by atoms with Crippen molar-refractivity contribution in [2.45, 2.75) is 58.3 Å². The van der Waals surface area contributed by atoms with Gasteiger partial charge in [-0.05, 0) is 43.0 Å². The third-order valence-electron chi connectivity index (χ3n) is 3.71. The topological polar surface area (TPSA) is 26.0 Å². The van der Waals surface area contributed by atoms with Crippen LogP contribution in [0, 0.1) is 5.92 Å². The first-order valence-electron chi connectivity index (χ1n) is 7.70. The van der Waals surface area contributed by atoms with Gasteiger partial charge in [0, 0.05) is 5.02 Å². The summed E-state index contributed by atoms with van der Waals surface area (Å²) in [5.74, 6) is 0.602. The lowest BCUT2D eigenvalue weighted by atomic mass is 9.93. The maximum Gasteiger partial charge on any atom is 0.0408 e. The zero-order valence-corrected chi connectivity index (χ0v) is 13.0. The van der Waals surface area contributed by atoms with E-state index in [1.165, 1.54) is 50.5 Å². The zero-order chi connectivity index (χ0) is 13.9. The summed E-state index contributed by atoms with van der Waals surface area (Å²) in [7, 11) is 0. The molecule has 0 saturated carbocycles. The molecule has 0 aliphatic heterocycles. The van der Waals surface area contributed by atoms with Crippen LogP contribution in [-0.4, -0.2) is 6.54 Å². The summed E-state index contributed by atoms with van der Waals surface area (Å²) in [6.45, 7) is 3.04. The van der Waals surface area contributed by atoms with Crippen LogP contribution in [0.15, 0.2) is 24.3 Å². The molecular weight excluding hydrogens is 254 g/mol. The zero-order valence-electron chi connectivity index (χ0n) is 12.2. The maximum atomic E-state index is 6.02. The predicted octanol–water partition coefficient (Wildman–Crippen LogP) is 5.21. The Hall–Kier alpha value is -0.530. The standard InChI is InChI=1S/C17H28ClN/c1-2-3-4-5-6-7-9-16(14-19)12-15-10-8-11-17(18)13-15/h8,10-11,13,16H,2-7,9,12,14,19H2,1H3. The van der Waals surface area contributed by atoms with Gasteiger partial charge in [-0.15, -0.1) is 0 Å². The number of hydrogen-bond acceptors (Lipinski definition) is 1. The van der Waals surface area contributed by atoms with E-state index in [-0.39, 0.29) is 0 Å². The monoisotopic (exact) mass is 281 g/mol. The Bertz CT molecular complexity index is 338. The molecule has 19 heavy (non-hydrogen) atoms. The van der Waals surface area contributed by atoms with E-state index >= 15 is 0 Å². The molecule has 0 fully saturated rings. The van der Waals surface area contributed by atoms with Crippen molar-refractivity contribution in [2.75, 3.05) is 6.54 Å². The molecule has 1 aromatic carbocycles. The number of benzene rings is 1. The van der Waals surface area contributed by atoms with Crippen molar-refractivity contribution in [1.29, 1.82) is 0 Å². The van der Waals surface area contributed by atoms with E-state index in [9.17, 15) is 0 Å². The number of nitrogens with two attached hydrogens (primary N) is 1. The van der Waals surface area contributed by atoms with Gasteiger partial charge in [0.2, 0.25) is 0 Å². The van der Waals surface area contributed by atoms with Crippen molar-refractivity contribution in [3.05, 3.63) is 34.9 Å². The average molecular weight is 282 g/mol. The van der Waals surface area contributed by atoms with Crippen molar-refractivity contribution in [2.24, 2.45) is 11.7 Å².